The summed E-state index contributed by atoms with van der Waals surface area (Å²) in [5.74, 6) is -2.65. The lowest BCUT2D eigenvalue weighted by atomic mass is 9.99. The Hall–Kier alpha value is -3.69. The Morgan fingerprint density at radius 2 is 1.75 bits per heavy atom. The molecule has 166 valence electrons. The molecule has 2 aliphatic rings. The maximum atomic E-state index is 13.4. The molecule has 2 aromatic carbocycles. The van der Waals surface area contributed by atoms with Gasteiger partial charge in [-0.3, -0.25) is 29.4 Å². The molecular formula is C22H18F3N3O4. The summed E-state index contributed by atoms with van der Waals surface area (Å²) in [6.07, 6.45) is -4.56. The van der Waals surface area contributed by atoms with Crippen molar-refractivity contribution in [2.75, 3.05) is 5.32 Å². The number of alkyl halides is 3. The number of hydrogen-bond acceptors (Lipinski definition) is 5. The summed E-state index contributed by atoms with van der Waals surface area (Å²) < 4.78 is 40.2. The number of hydrogen-bond donors (Lipinski definition) is 2. The molecule has 0 aromatic heterocycles. The third-order valence-electron chi connectivity index (χ3n) is 5.57. The summed E-state index contributed by atoms with van der Waals surface area (Å²) in [4.78, 5) is 50.4. The lowest BCUT2D eigenvalue weighted by Crippen LogP contribution is -2.54. The molecule has 2 atom stereocenters. The van der Waals surface area contributed by atoms with E-state index in [1.807, 2.05) is 0 Å². The Balaban J connectivity index is 1.66. The zero-order valence-corrected chi connectivity index (χ0v) is 16.8. The third-order valence-corrected chi connectivity index (χ3v) is 5.57. The Morgan fingerprint density at radius 1 is 1.03 bits per heavy atom. The van der Waals surface area contributed by atoms with E-state index in [-0.39, 0.29) is 35.2 Å². The number of piperidine rings is 1. The molecule has 2 N–H and O–H groups in total. The molecule has 1 fully saturated rings. The standard InChI is InChI=1S/C22H18F3N3O4/c1-11(12-5-2-3-7-14(12)22(23,24)25)26-15-8-4-6-13-18(15)21(32)28(20(13)31)16-9-10-17(29)27-19(16)30/h2-8,11,16,26H,9-10H2,1H3,(H,27,29,30)/t11-,16?/m1/s1. The predicted molar refractivity (Wildman–Crippen MR) is 107 cm³/mol. The summed E-state index contributed by atoms with van der Waals surface area (Å²) in [6.45, 7) is 1.52. The van der Waals surface area contributed by atoms with E-state index in [0.717, 1.165) is 11.0 Å². The van der Waals surface area contributed by atoms with Crippen molar-refractivity contribution in [3.63, 3.8) is 0 Å². The number of carbonyl (C=O) groups excluding carboxylic acids is 4. The van der Waals surface area contributed by atoms with Crippen molar-refractivity contribution in [3.05, 3.63) is 64.7 Å². The van der Waals surface area contributed by atoms with Crippen LogP contribution in [-0.4, -0.2) is 34.6 Å². The van der Waals surface area contributed by atoms with E-state index in [2.05, 4.69) is 10.6 Å². The number of benzene rings is 2. The zero-order valence-electron chi connectivity index (χ0n) is 16.8. The summed E-state index contributed by atoms with van der Waals surface area (Å²) >= 11 is 0. The normalized spacial score (nSPS) is 19.6. The summed E-state index contributed by atoms with van der Waals surface area (Å²) in [7, 11) is 0. The fourth-order valence-corrected chi connectivity index (χ4v) is 4.08. The first kappa shape index (κ1) is 21.5. The van der Waals surface area contributed by atoms with Crippen LogP contribution in [0, 0.1) is 0 Å². The molecule has 1 saturated heterocycles. The van der Waals surface area contributed by atoms with Crippen molar-refractivity contribution >= 4 is 29.3 Å². The van der Waals surface area contributed by atoms with Gasteiger partial charge in [0, 0.05) is 18.2 Å². The molecule has 32 heavy (non-hydrogen) atoms. The molecule has 10 heteroatoms. The second-order valence-electron chi connectivity index (χ2n) is 7.63. The van der Waals surface area contributed by atoms with E-state index < -0.39 is 47.5 Å². The largest absolute Gasteiger partial charge is 0.416 e. The minimum Gasteiger partial charge on any atom is -0.378 e. The van der Waals surface area contributed by atoms with E-state index in [0.29, 0.717) is 0 Å². The Labute approximate surface area is 180 Å². The van der Waals surface area contributed by atoms with Gasteiger partial charge in [-0.15, -0.1) is 0 Å². The smallest absolute Gasteiger partial charge is 0.378 e. The molecule has 0 saturated carbocycles. The van der Waals surface area contributed by atoms with Crippen molar-refractivity contribution in [3.8, 4) is 0 Å². The summed E-state index contributed by atoms with van der Waals surface area (Å²) in [5, 5.41) is 5.03. The van der Waals surface area contributed by atoms with Crippen molar-refractivity contribution in [2.24, 2.45) is 0 Å². The van der Waals surface area contributed by atoms with Gasteiger partial charge in [0.1, 0.15) is 6.04 Å². The highest BCUT2D eigenvalue weighted by atomic mass is 19.4. The van der Waals surface area contributed by atoms with Crippen molar-refractivity contribution < 1.29 is 32.3 Å². The van der Waals surface area contributed by atoms with Crippen LogP contribution in [0.25, 0.3) is 0 Å². The lowest BCUT2D eigenvalue weighted by molar-refractivity contribution is -0.138. The van der Waals surface area contributed by atoms with Gasteiger partial charge in [0.15, 0.2) is 0 Å². The Bertz CT molecular complexity index is 1150. The van der Waals surface area contributed by atoms with E-state index in [9.17, 15) is 32.3 Å². The number of halogens is 3. The number of rotatable bonds is 4. The highest BCUT2D eigenvalue weighted by Gasteiger charge is 2.45. The highest BCUT2D eigenvalue weighted by molar-refractivity contribution is 6.25. The second kappa shape index (κ2) is 7.77. The van der Waals surface area contributed by atoms with Crippen molar-refractivity contribution in [1.82, 2.24) is 10.2 Å². The molecule has 1 unspecified atom stereocenters. The number of imide groups is 2. The molecule has 2 heterocycles. The average Bonchev–Trinajstić information content (AvgIpc) is 2.99. The predicted octanol–water partition coefficient (Wildman–Crippen LogP) is 3.28. The quantitative estimate of drug-likeness (QED) is 0.705. The molecule has 0 bridgehead atoms. The maximum absolute atomic E-state index is 13.4. The third kappa shape index (κ3) is 3.61. The monoisotopic (exact) mass is 445 g/mol. The fraction of sp³-hybridized carbons (Fsp3) is 0.273. The SMILES string of the molecule is C[C@@H](Nc1cccc2c1C(=O)N(C1CCC(=O)NC1=O)C2=O)c1ccccc1C(F)(F)F. The van der Waals surface area contributed by atoms with Crippen LogP contribution in [-0.2, 0) is 15.8 Å². The molecular weight excluding hydrogens is 427 g/mol. The van der Waals surface area contributed by atoms with Gasteiger partial charge in [-0.05, 0) is 37.1 Å². The molecule has 0 radical (unpaired) electrons. The molecule has 7 nitrogen and oxygen atoms in total. The van der Waals surface area contributed by atoms with Gasteiger partial charge in [-0.2, -0.15) is 13.2 Å². The van der Waals surface area contributed by atoms with Crippen LogP contribution in [0.5, 0.6) is 0 Å². The number of anilines is 1. The van der Waals surface area contributed by atoms with Gasteiger partial charge in [0.2, 0.25) is 11.8 Å². The van der Waals surface area contributed by atoms with Crippen LogP contribution in [0.4, 0.5) is 18.9 Å². The first-order chi connectivity index (χ1) is 15.1. The van der Waals surface area contributed by atoms with Crippen LogP contribution in [0.3, 0.4) is 0 Å². The number of fused-ring (bicyclic) bond motifs is 1. The maximum Gasteiger partial charge on any atom is 0.416 e. The first-order valence-electron chi connectivity index (χ1n) is 9.87. The lowest BCUT2D eigenvalue weighted by Gasteiger charge is -2.28. The van der Waals surface area contributed by atoms with E-state index in [4.69, 9.17) is 0 Å². The van der Waals surface area contributed by atoms with E-state index >= 15 is 0 Å². The van der Waals surface area contributed by atoms with E-state index in [1.165, 1.54) is 43.3 Å². The van der Waals surface area contributed by atoms with E-state index in [1.54, 1.807) is 0 Å². The molecule has 0 spiro atoms. The van der Waals surface area contributed by atoms with Crippen molar-refractivity contribution in [1.29, 1.82) is 0 Å². The fourth-order valence-electron chi connectivity index (χ4n) is 4.08. The van der Waals surface area contributed by atoms with Crippen molar-refractivity contribution in [2.45, 2.75) is 38.0 Å². The van der Waals surface area contributed by atoms with Gasteiger partial charge in [0.05, 0.1) is 16.7 Å². The molecule has 2 aliphatic heterocycles. The number of nitrogens with zero attached hydrogens (tertiary/aromatic N) is 1. The number of carbonyl (C=O) groups is 4. The molecule has 4 amide bonds. The average molecular weight is 445 g/mol. The van der Waals surface area contributed by atoms with Gasteiger partial charge in [0.25, 0.3) is 11.8 Å². The summed E-state index contributed by atoms with van der Waals surface area (Å²) in [6, 6.07) is 7.53. The molecule has 0 aliphatic carbocycles. The Morgan fingerprint density at radius 3 is 2.44 bits per heavy atom. The van der Waals surface area contributed by atoms with Gasteiger partial charge < -0.3 is 5.32 Å². The zero-order chi connectivity index (χ0) is 23.2. The minimum absolute atomic E-state index is 0.00819. The topological polar surface area (TPSA) is 95.6 Å². The highest BCUT2D eigenvalue weighted by Crippen LogP contribution is 2.37. The van der Waals surface area contributed by atoms with Gasteiger partial charge >= 0.3 is 6.18 Å². The first-order valence-corrected chi connectivity index (χ1v) is 9.87. The second-order valence-corrected chi connectivity index (χ2v) is 7.63. The van der Waals surface area contributed by atoms with Crippen LogP contribution in [0.1, 0.15) is 57.7 Å². The minimum atomic E-state index is -4.56. The number of nitrogens with one attached hydrogen (secondary N) is 2. The van der Waals surface area contributed by atoms with Gasteiger partial charge in [-0.25, -0.2) is 0 Å². The van der Waals surface area contributed by atoms with Crippen LogP contribution >= 0.6 is 0 Å². The Kier molecular flexibility index (Phi) is 5.23. The molecule has 4 rings (SSSR count). The van der Waals surface area contributed by atoms with Crippen LogP contribution in [0.2, 0.25) is 0 Å². The van der Waals surface area contributed by atoms with Crippen LogP contribution < -0.4 is 10.6 Å². The summed E-state index contributed by atoms with van der Waals surface area (Å²) in [5.41, 5.74) is -0.615. The molecule has 2 aromatic rings. The van der Waals surface area contributed by atoms with Crippen LogP contribution in [0.15, 0.2) is 42.5 Å². The van der Waals surface area contributed by atoms with Gasteiger partial charge in [-0.1, -0.05) is 24.3 Å². The number of amides is 4.